The molecule has 2 heterocycles. The number of benzene rings is 1. The van der Waals surface area contributed by atoms with Gasteiger partial charge in [-0.15, -0.1) is 11.6 Å². The molecule has 21 heavy (non-hydrogen) atoms. The lowest BCUT2D eigenvalue weighted by molar-refractivity contribution is 0.672. The number of para-hydroxylation sites is 1. The fourth-order valence-corrected chi connectivity index (χ4v) is 2.89. The minimum absolute atomic E-state index is 0.593. The second kappa shape index (κ2) is 6.27. The van der Waals surface area contributed by atoms with E-state index in [-0.39, 0.29) is 0 Å². The molecule has 0 saturated heterocycles. The van der Waals surface area contributed by atoms with Crippen molar-refractivity contribution in [3.05, 3.63) is 59.7 Å². The maximum Gasteiger partial charge on any atom is 0.111 e. The summed E-state index contributed by atoms with van der Waals surface area (Å²) in [5, 5.41) is 0. The van der Waals surface area contributed by atoms with Crippen molar-refractivity contribution in [3.8, 4) is 0 Å². The molecule has 0 radical (unpaired) electrons. The minimum Gasteiger partial charge on any atom is -0.327 e. The van der Waals surface area contributed by atoms with Gasteiger partial charge in [-0.05, 0) is 36.6 Å². The van der Waals surface area contributed by atoms with Crippen LogP contribution in [0.1, 0.15) is 17.0 Å². The van der Waals surface area contributed by atoms with Crippen LogP contribution in [0.4, 0.5) is 0 Å². The van der Waals surface area contributed by atoms with Crippen molar-refractivity contribution in [2.75, 3.05) is 5.88 Å². The molecule has 0 aliphatic carbocycles. The molecule has 0 saturated carbocycles. The first-order valence-electron chi connectivity index (χ1n) is 7.19. The summed E-state index contributed by atoms with van der Waals surface area (Å²) in [6, 6.07) is 10.3. The van der Waals surface area contributed by atoms with E-state index < -0.39 is 0 Å². The van der Waals surface area contributed by atoms with Crippen molar-refractivity contribution >= 4 is 22.6 Å². The largest absolute Gasteiger partial charge is 0.327 e. The van der Waals surface area contributed by atoms with Crippen LogP contribution in [0.25, 0.3) is 11.0 Å². The maximum absolute atomic E-state index is 5.93. The minimum atomic E-state index is 0.593. The van der Waals surface area contributed by atoms with Gasteiger partial charge in [-0.1, -0.05) is 18.2 Å². The SMILES string of the molecule is Cc1cccc2nc(CCCl)n(CCc3cccnc3)c12. The molecular weight excluding hydrogens is 282 g/mol. The number of halogens is 1. The van der Waals surface area contributed by atoms with Crippen molar-refractivity contribution < 1.29 is 0 Å². The molecule has 0 aliphatic heterocycles. The molecule has 3 nitrogen and oxygen atoms in total. The molecule has 0 atom stereocenters. The van der Waals surface area contributed by atoms with Crippen LogP contribution in [-0.4, -0.2) is 20.4 Å². The molecule has 108 valence electrons. The van der Waals surface area contributed by atoms with Crippen LogP contribution in [0, 0.1) is 6.92 Å². The molecule has 0 bridgehead atoms. The Hall–Kier alpha value is -1.87. The molecule has 0 fully saturated rings. The highest BCUT2D eigenvalue weighted by atomic mass is 35.5. The molecule has 0 spiro atoms. The summed E-state index contributed by atoms with van der Waals surface area (Å²) < 4.78 is 2.31. The fraction of sp³-hybridized carbons (Fsp3) is 0.294. The Morgan fingerprint density at radius 2 is 2.05 bits per heavy atom. The molecule has 4 heteroatoms. The normalized spacial score (nSPS) is 11.1. The smallest absolute Gasteiger partial charge is 0.111 e. The van der Waals surface area contributed by atoms with Crippen molar-refractivity contribution in [3.63, 3.8) is 0 Å². The zero-order chi connectivity index (χ0) is 14.7. The highest BCUT2D eigenvalue weighted by Crippen LogP contribution is 2.21. The Morgan fingerprint density at radius 1 is 1.14 bits per heavy atom. The number of hydrogen-bond donors (Lipinski definition) is 0. The average Bonchev–Trinajstić information content (AvgIpc) is 2.85. The summed E-state index contributed by atoms with van der Waals surface area (Å²) in [5.74, 6) is 1.66. The van der Waals surface area contributed by atoms with Gasteiger partial charge in [-0.3, -0.25) is 4.98 Å². The van der Waals surface area contributed by atoms with Gasteiger partial charge in [0.1, 0.15) is 5.82 Å². The van der Waals surface area contributed by atoms with Crippen molar-refractivity contribution in [1.82, 2.24) is 14.5 Å². The van der Waals surface area contributed by atoms with Crippen molar-refractivity contribution in [2.24, 2.45) is 0 Å². The van der Waals surface area contributed by atoms with E-state index in [9.17, 15) is 0 Å². The molecular formula is C17H18ClN3. The number of hydrogen-bond acceptors (Lipinski definition) is 2. The molecule has 3 rings (SSSR count). The Morgan fingerprint density at radius 3 is 2.81 bits per heavy atom. The van der Waals surface area contributed by atoms with Crippen LogP contribution in [0.5, 0.6) is 0 Å². The standard InChI is InChI=1S/C17H18ClN3/c1-13-4-2-6-15-17(13)21(16(20-15)7-9-18)11-8-14-5-3-10-19-12-14/h2-6,10,12H,7-9,11H2,1H3. The van der Waals surface area contributed by atoms with E-state index in [2.05, 4.69) is 40.7 Å². The second-order valence-electron chi connectivity index (χ2n) is 5.17. The predicted octanol–water partition coefficient (Wildman–Crippen LogP) is 3.76. The number of aryl methyl sites for hydroxylation is 4. The Bertz CT molecular complexity index is 734. The third-order valence-electron chi connectivity index (χ3n) is 3.71. The van der Waals surface area contributed by atoms with Crippen LogP contribution in [0.15, 0.2) is 42.7 Å². The monoisotopic (exact) mass is 299 g/mol. The first-order chi connectivity index (χ1) is 10.3. The lowest BCUT2D eigenvalue weighted by Gasteiger charge is -2.10. The second-order valence-corrected chi connectivity index (χ2v) is 5.55. The van der Waals surface area contributed by atoms with E-state index in [0.717, 1.165) is 30.7 Å². The summed E-state index contributed by atoms with van der Waals surface area (Å²) in [7, 11) is 0. The van der Waals surface area contributed by atoms with Crippen molar-refractivity contribution in [2.45, 2.75) is 26.3 Å². The van der Waals surface area contributed by atoms with E-state index in [4.69, 9.17) is 16.6 Å². The molecule has 2 aromatic heterocycles. The first-order valence-corrected chi connectivity index (χ1v) is 7.72. The first kappa shape index (κ1) is 14.1. The molecule has 1 aromatic carbocycles. The number of fused-ring (bicyclic) bond motifs is 1. The average molecular weight is 300 g/mol. The summed E-state index contributed by atoms with van der Waals surface area (Å²) in [4.78, 5) is 8.92. The van der Waals surface area contributed by atoms with Gasteiger partial charge in [0.05, 0.1) is 11.0 Å². The Kier molecular flexibility index (Phi) is 4.20. The van der Waals surface area contributed by atoms with Crippen LogP contribution >= 0.6 is 11.6 Å². The van der Waals surface area contributed by atoms with E-state index in [1.54, 1.807) is 6.20 Å². The lowest BCUT2D eigenvalue weighted by Crippen LogP contribution is -2.07. The van der Waals surface area contributed by atoms with Crippen molar-refractivity contribution in [1.29, 1.82) is 0 Å². The zero-order valence-electron chi connectivity index (χ0n) is 12.1. The van der Waals surface area contributed by atoms with Crippen LogP contribution < -0.4 is 0 Å². The molecule has 0 aliphatic rings. The summed E-state index contributed by atoms with van der Waals surface area (Å²) in [5.41, 5.74) is 4.78. The van der Waals surface area contributed by atoms with E-state index in [0.29, 0.717) is 5.88 Å². The number of imidazole rings is 1. The molecule has 3 aromatic rings. The Labute approximate surface area is 129 Å². The van der Waals surface area contributed by atoms with E-state index in [1.165, 1.54) is 16.6 Å². The molecule has 0 amide bonds. The fourth-order valence-electron chi connectivity index (χ4n) is 2.72. The van der Waals surface area contributed by atoms with Gasteiger partial charge in [-0.2, -0.15) is 0 Å². The third-order valence-corrected chi connectivity index (χ3v) is 3.90. The number of rotatable bonds is 5. The number of aromatic nitrogens is 3. The molecule has 0 unspecified atom stereocenters. The van der Waals surface area contributed by atoms with E-state index >= 15 is 0 Å². The summed E-state index contributed by atoms with van der Waals surface area (Å²) in [6.07, 6.45) is 5.47. The summed E-state index contributed by atoms with van der Waals surface area (Å²) in [6.45, 7) is 3.04. The van der Waals surface area contributed by atoms with Gasteiger partial charge in [0.25, 0.3) is 0 Å². The maximum atomic E-state index is 5.93. The van der Waals surface area contributed by atoms with Gasteiger partial charge in [0.15, 0.2) is 0 Å². The highest BCUT2D eigenvalue weighted by molar-refractivity contribution is 6.17. The van der Waals surface area contributed by atoms with Crippen LogP contribution in [0.2, 0.25) is 0 Å². The van der Waals surface area contributed by atoms with Gasteiger partial charge in [0.2, 0.25) is 0 Å². The third kappa shape index (κ3) is 2.93. The van der Waals surface area contributed by atoms with Gasteiger partial charge in [0, 0.05) is 31.2 Å². The number of pyridine rings is 1. The van der Waals surface area contributed by atoms with Gasteiger partial charge in [-0.25, -0.2) is 4.98 Å². The zero-order valence-corrected chi connectivity index (χ0v) is 12.8. The number of alkyl halides is 1. The van der Waals surface area contributed by atoms with Crippen LogP contribution in [0.3, 0.4) is 0 Å². The van der Waals surface area contributed by atoms with Crippen LogP contribution in [-0.2, 0) is 19.4 Å². The molecule has 0 N–H and O–H groups in total. The lowest BCUT2D eigenvalue weighted by atomic mass is 10.2. The van der Waals surface area contributed by atoms with Gasteiger partial charge >= 0.3 is 0 Å². The van der Waals surface area contributed by atoms with E-state index in [1.807, 2.05) is 12.3 Å². The predicted molar refractivity (Wildman–Crippen MR) is 86.8 cm³/mol. The quantitative estimate of drug-likeness (QED) is 0.672. The summed E-state index contributed by atoms with van der Waals surface area (Å²) >= 11 is 5.93. The number of nitrogens with zero attached hydrogens (tertiary/aromatic N) is 3. The Balaban J connectivity index is 1.97. The van der Waals surface area contributed by atoms with Gasteiger partial charge < -0.3 is 4.57 Å². The highest BCUT2D eigenvalue weighted by Gasteiger charge is 2.12. The topological polar surface area (TPSA) is 30.7 Å².